The number of hydrogen-bond donors (Lipinski definition) is 1. The molecule has 2 N–H and O–H groups in total. The summed E-state index contributed by atoms with van der Waals surface area (Å²) in [7, 11) is -1.89. The molecule has 2 rings (SSSR count). The highest BCUT2D eigenvalue weighted by Gasteiger charge is 2.15. The third kappa shape index (κ3) is 3.00. The number of anilines is 1. The predicted octanol–water partition coefficient (Wildman–Crippen LogP) is 0.217. The van der Waals surface area contributed by atoms with E-state index in [1.807, 2.05) is 0 Å². The van der Waals surface area contributed by atoms with Crippen molar-refractivity contribution in [2.75, 3.05) is 11.9 Å². The fourth-order valence-electron chi connectivity index (χ4n) is 1.28. The molecule has 0 aliphatic carbocycles. The van der Waals surface area contributed by atoms with Gasteiger partial charge in [-0.2, -0.15) is 0 Å². The van der Waals surface area contributed by atoms with Gasteiger partial charge in [-0.1, -0.05) is 11.3 Å². The van der Waals surface area contributed by atoms with Crippen LogP contribution in [-0.2, 0) is 16.6 Å². The molecule has 0 spiro atoms. The lowest BCUT2D eigenvalue weighted by atomic mass is 10.4. The molecule has 9 heteroatoms. The van der Waals surface area contributed by atoms with Crippen molar-refractivity contribution in [1.82, 2.24) is 15.0 Å². The molecule has 0 saturated heterocycles. The van der Waals surface area contributed by atoms with Gasteiger partial charge in [0.05, 0.1) is 24.6 Å². The standard InChI is InChI=1S/C9H11N5O2S2/c1-14(6-7-4-11-2-3-12-7)9-13-5-8(17-9)18(10,15)16/h2-5H,6H2,1H3,(H2,10,15,16). The number of aromatic nitrogens is 3. The monoisotopic (exact) mass is 285 g/mol. The lowest BCUT2D eigenvalue weighted by Crippen LogP contribution is -2.16. The Morgan fingerprint density at radius 1 is 1.33 bits per heavy atom. The quantitative estimate of drug-likeness (QED) is 0.862. The summed E-state index contributed by atoms with van der Waals surface area (Å²) in [6.45, 7) is 0.491. The van der Waals surface area contributed by atoms with Crippen molar-refractivity contribution in [3.05, 3.63) is 30.5 Å². The Morgan fingerprint density at radius 2 is 2.11 bits per heavy atom. The first-order valence-electron chi connectivity index (χ1n) is 4.91. The second kappa shape index (κ2) is 4.96. The van der Waals surface area contributed by atoms with Crippen LogP contribution in [0.4, 0.5) is 5.13 Å². The van der Waals surface area contributed by atoms with Crippen molar-refractivity contribution >= 4 is 26.5 Å². The van der Waals surface area contributed by atoms with Crippen molar-refractivity contribution < 1.29 is 8.42 Å². The molecule has 0 amide bonds. The highest BCUT2D eigenvalue weighted by atomic mass is 32.2. The average molecular weight is 285 g/mol. The van der Waals surface area contributed by atoms with E-state index in [0.29, 0.717) is 11.7 Å². The maximum atomic E-state index is 11.1. The molecule has 7 nitrogen and oxygen atoms in total. The first kappa shape index (κ1) is 12.9. The zero-order valence-electron chi connectivity index (χ0n) is 9.52. The van der Waals surface area contributed by atoms with Gasteiger partial charge in [-0.3, -0.25) is 9.97 Å². The zero-order chi connectivity index (χ0) is 13.2. The third-order valence-corrected chi connectivity index (χ3v) is 4.61. The van der Waals surface area contributed by atoms with Crippen LogP contribution in [-0.4, -0.2) is 30.4 Å². The Hall–Kier alpha value is -1.58. The Morgan fingerprint density at radius 3 is 2.67 bits per heavy atom. The summed E-state index contributed by atoms with van der Waals surface area (Å²) in [6, 6.07) is 0. The molecule has 0 atom stereocenters. The minimum absolute atomic E-state index is 0.0449. The van der Waals surface area contributed by atoms with Crippen LogP contribution >= 0.6 is 11.3 Å². The Bertz CT molecular complexity index is 625. The lowest BCUT2D eigenvalue weighted by Gasteiger charge is -2.14. The van der Waals surface area contributed by atoms with Gasteiger partial charge in [-0.15, -0.1) is 0 Å². The van der Waals surface area contributed by atoms with Crippen molar-refractivity contribution in [3.8, 4) is 0 Å². The molecule has 0 bridgehead atoms. The van der Waals surface area contributed by atoms with Gasteiger partial charge in [0.15, 0.2) is 9.34 Å². The number of primary sulfonamides is 1. The number of nitrogens with two attached hydrogens (primary N) is 1. The van der Waals surface area contributed by atoms with E-state index in [0.717, 1.165) is 17.0 Å². The molecule has 0 aromatic carbocycles. The molecule has 0 aliphatic rings. The summed E-state index contributed by atoms with van der Waals surface area (Å²) in [5.41, 5.74) is 0.771. The molecule has 2 heterocycles. The number of rotatable bonds is 4. The largest absolute Gasteiger partial charge is 0.345 e. The van der Waals surface area contributed by atoms with Gasteiger partial charge in [-0.05, 0) is 0 Å². The van der Waals surface area contributed by atoms with Gasteiger partial charge in [0, 0.05) is 19.4 Å². The normalized spacial score (nSPS) is 11.4. The summed E-state index contributed by atoms with van der Waals surface area (Å²) in [5, 5.41) is 5.58. The first-order valence-corrected chi connectivity index (χ1v) is 7.28. The Balaban J connectivity index is 2.15. The number of thiazole rings is 1. The molecule has 2 aromatic heterocycles. The van der Waals surface area contributed by atoms with Crippen LogP contribution in [0.15, 0.2) is 29.0 Å². The van der Waals surface area contributed by atoms with Crippen molar-refractivity contribution in [2.24, 2.45) is 5.14 Å². The molecule has 96 valence electrons. The van der Waals surface area contributed by atoms with Gasteiger partial charge >= 0.3 is 0 Å². The van der Waals surface area contributed by atoms with Crippen molar-refractivity contribution in [2.45, 2.75) is 10.8 Å². The molecule has 0 aliphatic heterocycles. The van der Waals surface area contributed by atoms with Crippen LogP contribution in [0.3, 0.4) is 0 Å². The number of nitrogens with zero attached hydrogens (tertiary/aromatic N) is 4. The van der Waals surface area contributed by atoms with E-state index in [4.69, 9.17) is 5.14 Å². The van der Waals surface area contributed by atoms with E-state index < -0.39 is 10.0 Å². The SMILES string of the molecule is CN(Cc1cnccn1)c1ncc(S(N)(=O)=O)s1. The first-order chi connectivity index (χ1) is 8.47. The summed E-state index contributed by atoms with van der Waals surface area (Å²) in [4.78, 5) is 13.9. The maximum Gasteiger partial charge on any atom is 0.249 e. The van der Waals surface area contributed by atoms with E-state index >= 15 is 0 Å². The molecular weight excluding hydrogens is 274 g/mol. The minimum Gasteiger partial charge on any atom is -0.345 e. The number of sulfonamides is 1. The highest BCUT2D eigenvalue weighted by molar-refractivity contribution is 7.91. The van der Waals surface area contributed by atoms with Crippen LogP contribution < -0.4 is 10.0 Å². The van der Waals surface area contributed by atoms with Crippen molar-refractivity contribution in [3.63, 3.8) is 0 Å². The zero-order valence-corrected chi connectivity index (χ0v) is 11.1. The van der Waals surface area contributed by atoms with Crippen LogP contribution in [0.1, 0.15) is 5.69 Å². The molecule has 2 aromatic rings. The summed E-state index contributed by atoms with van der Waals surface area (Å²) in [6.07, 6.45) is 6.08. The van der Waals surface area contributed by atoms with Crippen LogP contribution in [0.2, 0.25) is 0 Å². The third-order valence-electron chi connectivity index (χ3n) is 2.10. The van der Waals surface area contributed by atoms with Gasteiger partial charge in [0.25, 0.3) is 0 Å². The summed E-state index contributed by atoms with van der Waals surface area (Å²) < 4.78 is 22.3. The molecule has 18 heavy (non-hydrogen) atoms. The molecular formula is C9H11N5O2S2. The summed E-state index contributed by atoms with van der Waals surface area (Å²) in [5.74, 6) is 0. The van der Waals surface area contributed by atoms with Gasteiger partial charge in [0.1, 0.15) is 0 Å². The van der Waals surface area contributed by atoms with Crippen LogP contribution in [0.5, 0.6) is 0 Å². The molecule has 0 unspecified atom stereocenters. The molecule has 0 fully saturated rings. The fourth-order valence-corrected chi connectivity index (χ4v) is 2.78. The van der Waals surface area contributed by atoms with E-state index in [1.165, 1.54) is 6.20 Å². The maximum absolute atomic E-state index is 11.1. The average Bonchev–Trinajstić information content (AvgIpc) is 2.79. The smallest absolute Gasteiger partial charge is 0.249 e. The second-order valence-electron chi connectivity index (χ2n) is 3.56. The van der Waals surface area contributed by atoms with Gasteiger partial charge in [0.2, 0.25) is 10.0 Å². The van der Waals surface area contributed by atoms with Gasteiger partial charge in [-0.25, -0.2) is 18.5 Å². The predicted molar refractivity (Wildman–Crippen MR) is 67.6 cm³/mol. The highest BCUT2D eigenvalue weighted by Crippen LogP contribution is 2.24. The van der Waals surface area contributed by atoms with Crippen molar-refractivity contribution in [1.29, 1.82) is 0 Å². The lowest BCUT2D eigenvalue weighted by molar-refractivity contribution is 0.599. The fraction of sp³-hybridized carbons (Fsp3) is 0.222. The second-order valence-corrected chi connectivity index (χ2v) is 6.36. The Labute approximate surface area is 108 Å². The molecule has 0 saturated carbocycles. The Kier molecular flexibility index (Phi) is 3.55. The summed E-state index contributed by atoms with van der Waals surface area (Å²) >= 11 is 1.02. The van der Waals surface area contributed by atoms with E-state index in [9.17, 15) is 8.42 Å². The van der Waals surface area contributed by atoms with Crippen LogP contribution in [0, 0.1) is 0 Å². The van der Waals surface area contributed by atoms with Crippen LogP contribution in [0.25, 0.3) is 0 Å². The van der Waals surface area contributed by atoms with E-state index in [1.54, 1.807) is 30.5 Å². The van der Waals surface area contributed by atoms with E-state index in [2.05, 4.69) is 15.0 Å². The minimum atomic E-state index is -3.69. The number of hydrogen-bond acceptors (Lipinski definition) is 7. The molecule has 0 radical (unpaired) electrons. The topological polar surface area (TPSA) is 102 Å². The van der Waals surface area contributed by atoms with E-state index in [-0.39, 0.29) is 4.21 Å². The van der Waals surface area contributed by atoms with Gasteiger partial charge < -0.3 is 4.90 Å².